The molecule has 0 bridgehead atoms. The summed E-state index contributed by atoms with van der Waals surface area (Å²) < 4.78 is 0. The molecule has 1 aliphatic rings. The van der Waals surface area contributed by atoms with E-state index in [1.165, 1.54) is 0 Å². The Kier molecular flexibility index (Phi) is 3.49. The van der Waals surface area contributed by atoms with Crippen molar-refractivity contribution < 1.29 is 0 Å². The first kappa shape index (κ1) is 13.2. The summed E-state index contributed by atoms with van der Waals surface area (Å²) in [5, 5.41) is 4.07. The first-order valence-corrected chi connectivity index (χ1v) is 7.13. The van der Waals surface area contributed by atoms with Gasteiger partial charge in [0.1, 0.15) is 17.5 Å². The Labute approximate surface area is 123 Å². The van der Waals surface area contributed by atoms with Crippen LogP contribution >= 0.6 is 11.6 Å². The van der Waals surface area contributed by atoms with Crippen LogP contribution in [0.3, 0.4) is 0 Å². The minimum Gasteiger partial charge on any atom is -0.383 e. The molecular formula is C15H17ClN4. The minimum atomic E-state index is 0.490. The van der Waals surface area contributed by atoms with Gasteiger partial charge in [0, 0.05) is 23.0 Å². The number of nitrogens with one attached hydrogen (secondary N) is 1. The Hall–Kier alpha value is -1.81. The van der Waals surface area contributed by atoms with Crippen LogP contribution in [0.1, 0.15) is 35.7 Å². The van der Waals surface area contributed by atoms with E-state index in [1.54, 1.807) is 0 Å². The van der Waals surface area contributed by atoms with Gasteiger partial charge in [-0.05, 0) is 37.5 Å². The first-order valence-electron chi connectivity index (χ1n) is 6.76. The maximum Gasteiger partial charge on any atom is 0.136 e. The SMILES string of the molecule is Cc1c(N)nc(C2CC2)nc1NCc1cccc(Cl)c1. The molecule has 1 fully saturated rings. The van der Waals surface area contributed by atoms with E-state index < -0.39 is 0 Å². The third kappa shape index (κ3) is 2.85. The highest BCUT2D eigenvalue weighted by molar-refractivity contribution is 6.30. The van der Waals surface area contributed by atoms with Crippen LogP contribution in [0, 0.1) is 6.92 Å². The molecule has 104 valence electrons. The monoisotopic (exact) mass is 288 g/mol. The van der Waals surface area contributed by atoms with E-state index in [4.69, 9.17) is 17.3 Å². The number of hydrogen-bond acceptors (Lipinski definition) is 4. The summed E-state index contributed by atoms with van der Waals surface area (Å²) in [7, 11) is 0. The Morgan fingerprint density at radius 3 is 2.85 bits per heavy atom. The van der Waals surface area contributed by atoms with Crippen molar-refractivity contribution in [3.63, 3.8) is 0 Å². The van der Waals surface area contributed by atoms with Gasteiger partial charge in [-0.3, -0.25) is 0 Å². The number of hydrogen-bond donors (Lipinski definition) is 2. The van der Waals surface area contributed by atoms with E-state index in [0.717, 1.165) is 40.6 Å². The van der Waals surface area contributed by atoms with Gasteiger partial charge in [0.15, 0.2) is 0 Å². The maximum atomic E-state index is 5.98. The minimum absolute atomic E-state index is 0.490. The van der Waals surface area contributed by atoms with E-state index in [0.29, 0.717) is 18.3 Å². The van der Waals surface area contributed by atoms with Gasteiger partial charge in [0.05, 0.1) is 0 Å². The van der Waals surface area contributed by atoms with Crippen molar-refractivity contribution >= 4 is 23.2 Å². The fraction of sp³-hybridized carbons (Fsp3) is 0.333. The van der Waals surface area contributed by atoms with Gasteiger partial charge in [-0.25, -0.2) is 9.97 Å². The summed E-state index contributed by atoms with van der Waals surface area (Å²) in [6, 6.07) is 7.77. The molecule has 0 radical (unpaired) electrons. The zero-order valence-corrected chi connectivity index (χ0v) is 12.1. The molecule has 4 nitrogen and oxygen atoms in total. The number of rotatable bonds is 4. The molecule has 1 heterocycles. The molecule has 0 saturated heterocycles. The number of benzene rings is 1. The van der Waals surface area contributed by atoms with Crippen LogP contribution in [-0.2, 0) is 6.54 Å². The Balaban J connectivity index is 1.79. The van der Waals surface area contributed by atoms with Gasteiger partial charge in [-0.15, -0.1) is 0 Å². The molecule has 0 atom stereocenters. The van der Waals surface area contributed by atoms with Crippen LogP contribution in [0.5, 0.6) is 0 Å². The van der Waals surface area contributed by atoms with Crippen LogP contribution in [0.25, 0.3) is 0 Å². The zero-order valence-electron chi connectivity index (χ0n) is 11.4. The Bertz CT molecular complexity index is 638. The van der Waals surface area contributed by atoms with Crippen LogP contribution < -0.4 is 11.1 Å². The molecule has 0 aliphatic heterocycles. The van der Waals surface area contributed by atoms with E-state index in [-0.39, 0.29) is 0 Å². The standard InChI is InChI=1S/C15H17ClN4/c1-9-13(17)19-15(11-5-6-11)20-14(9)18-8-10-3-2-4-12(16)7-10/h2-4,7,11H,5-6,8H2,1H3,(H3,17,18,19,20). The van der Waals surface area contributed by atoms with Gasteiger partial charge in [0.2, 0.25) is 0 Å². The van der Waals surface area contributed by atoms with Crippen molar-refractivity contribution in [1.82, 2.24) is 9.97 Å². The van der Waals surface area contributed by atoms with Crippen LogP contribution in [0.15, 0.2) is 24.3 Å². The van der Waals surface area contributed by atoms with Crippen LogP contribution in [-0.4, -0.2) is 9.97 Å². The van der Waals surface area contributed by atoms with Crippen LogP contribution in [0.4, 0.5) is 11.6 Å². The average molecular weight is 289 g/mol. The van der Waals surface area contributed by atoms with Crippen molar-refractivity contribution in [3.05, 3.63) is 46.2 Å². The molecule has 1 aromatic heterocycles. The second kappa shape index (κ2) is 5.29. The van der Waals surface area contributed by atoms with Gasteiger partial charge in [0.25, 0.3) is 0 Å². The number of anilines is 2. The lowest BCUT2D eigenvalue weighted by Gasteiger charge is -2.12. The number of halogens is 1. The molecule has 3 N–H and O–H groups in total. The molecule has 20 heavy (non-hydrogen) atoms. The molecule has 1 saturated carbocycles. The van der Waals surface area contributed by atoms with Gasteiger partial charge in [-0.2, -0.15) is 0 Å². The van der Waals surface area contributed by atoms with Gasteiger partial charge < -0.3 is 11.1 Å². The second-order valence-corrected chi connectivity index (χ2v) is 5.63. The number of nitrogen functional groups attached to an aromatic ring is 1. The maximum absolute atomic E-state index is 5.98. The van der Waals surface area contributed by atoms with Crippen molar-refractivity contribution in [3.8, 4) is 0 Å². The smallest absolute Gasteiger partial charge is 0.136 e. The summed E-state index contributed by atoms with van der Waals surface area (Å²) in [5.41, 5.74) is 7.98. The number of nitrogens with zero attached hydrogens (tertiary/aromatic N) is 2. The van der Waals surface area contributed by atoms with Gasteiger partial charge >= 0.3 is 0 Å². The zero-order chi connectivity index (χ0) is 14.1. The molecule has 1 aliphatic carbocycles. The lowest BCUT2D eigenvalue weighted by atomic mass is 10.2. The van der Waals surface area contributed by atoms with Crippen molar-refractivity contribution in [1.29, 1.82) is 0 Å². The number of aromatic nitrogens is 2. The van der Waals surface area contributed by atoms with Gasteiger partial charge in [-0.1, -0.05) is 23.7 Å². The van der Waals surface area contributed by atoms with E-state index in [2.05, 4.69) is 15.3 Å². The summed E-state index contributed by atoms with van der Waals surface area (Å²) in [6.07, 6.45) is 2.33. The molecule has 0 spiro atoms. The Morgan fingerprint density at radius 1 is 1.35 bits per heavy atom. The predicted molar refractivity (Wildman–Crippen MR) is 81.9 cm³/mol. The molecular weight excluding hydrogens is 272 g/mol. The average Bonchev–Trinajstić information content (AvgIpc) is 3.25. The van der Waals surface area contributed by atoms with E-state index in [9.17, 15) is 0 Å². The molecule has 2 aromatic rings. The first-order chi connectivity index (χ1) is 9.63. The predicted octanol–water partition coefficient (Wildman–Crippen LogP) is 3.51. The molecule has 5 heteroatoms. The summed E-state index contributed by atoms with van der Waals surface area (Å²) in [5.74, 6) is 2.74. The highest BCUT2D eigenvalue weighted by atomic mass is 35.5. The largest absolute Gasteiger partial charge is 0.383 e. The van der Waals surface area contributed by atoms with Crippen molar-refractivity contribution in [2.45, 2.75) is 32.2 Å². The Morgan fingerprint density at radius 2 is 2.15 bits per heavy atom. The number of nitrogens with two attached hydrogens (primary N) is 1. The fourth-order valence-corrected chi connectivity index (χ4v) is 2.29. The third-order valence-electron chi connectivity index (χ3n) is 3.49. The summed E-state index contributed by atoms with van der Waals surface area (Å²) in [4.78, 5) is 8.97. The molecule has 0 amide bonds. The van der Waals surface area contributed by atoms with Crippen molar-refractivity contribution in [2.75, 3.05) is 11.1 Å². The summed E-state index contributed by atoms with van der Waals surface area (Å²) >= 11 is 5.98. The summed E-state index contributed by atoms with van der Waals surface area (Å²) in [6.45, 7) is 2.61. The normalized spacial score (nSPS) is 14.3. The van der Waals surface area contributed by atoms with Crippen LogP contribution in [0.2, 0.25) is 5.02 Å². The second-order valence-electron chi connectivity index (χ2n) is 5.20. The lowest BCUT2D eigenvalue weighted by Crippen LogP contribution is -2.09. The van der Waals surface area contributed by atoms with Crippen molar-refractivity contribution in [2.24, 2.45) is 0 Å². The molecule has 0 unspecified atom stereocenters. The van der Waals surface area contributed by atoms with E-state index in [1.807, 2.05) is 31.2 Å². The topological polar surface area (TPSA) is 63.8 Å². The highest BCUT2D eigenvalue weighted by Gasteiger charge is 2.27. The third-order valence-corrected chi connectivity index (χ3v) is 3.73. The fourth-order valence-electron chi connectivity index (χ4n) is 2.08. The molecule has 1 aromatic carbocycles. The lowest BCUT2D eigenvalue weighted by molar-refractivity contribution is 0.917. The molecule has 3 rings (SSSR count). The quantitative estimate of drug-likeness (QED) is 0.904. The highest BCUT2D eigenvalue weighted by Crippen LogP contribution is 2.39. The van der Waals surface area contributed by atoms with E-state index >= 15 is 0 Å².